The Morgan fingerprint density at radius 3 is 2.14 bits per heavy atom. The van der Waals surface area contributed by atoms with Crippen LogP contribution in [0.3, 0.4) is 0 Å². The van der Waals surface area contributed by atoms with Crippen LogP contribution in [-0.2, 0) is 6.42 Å². The summed E-state index contributed by atoms with van der Waals surface area (Å²) < 4.78 is 4.76. The summed E-state index contributed by atoms with van der Waals surface area (Å²) in [5.41, 5.74) is 10.2. The van der Waals surface area contributed by atoms with E-state index in [1.165, 1.54) is 33.4 Å². The van der Waals surface area contributed by atoms with Gasteiger partial charge in [-0.2, -0.15) is 0 Å². The number of hydrogen-bond acceptors (Lipinski definition) is 0. The molecule has 0 fully saturated rings. The van der Waals surface area contributed by atoms with Crippen LogP contribution in [0.1, 0.15) is 33.7 Å². The fourth-order valence-electron chi connectivity index (χ4n) is 5.97. The van der Waals surface area contributed by atoms with Gasteiger partial charge in [0.25, 0.3) is 0 Å². The number of allylic oxidation sites excluding steroid dienone is 1. The Bertz CT molecular complexity index is 1580. The molecule has 0 nitrogen and oxygen atoms in total. The molecular formula is C34H25Sn. The molecule has 1 radical (unpaired) electrons. The van der Waals surface area contributed by atoms with Gasteiger partial charge in [0.1, 0.15) is 0 Å². The van der Waals surface area contributed by atoms with Crippen molar-refractivity contribution in [1.29, 1.82) is 0 Å². The van der Waals surface area contributed by atoms with Crippen LogP contribution >= 0.6 is 0 Å². The van der Waals surface area contributed by atoms with Crippen LogP contribution in [0.2, 0.25) is 0 Å². The van der Waals surface area contributed by atoms with Crippen molar-refractivity contribution in [3.05, 3.63) is 155 Å². The van der Waals surface area contributed by atoms with Gasteiger partial charge in [-0.15, -0.1) is 0 Å². The van der Waals surface area contributed by atoms with E-state index in [1.54, 1.807) is 16.3 Å². The first-order chi connectivity index (χ1) is 17.4. The first-order valence-corrected chi connectivity index (χ1v) is 16.7. The van der Waals surface area contributed by atoms with Gasteiger partial charge in [0.15, 0.2) is 0 Å². The van der Waals surface area contributed by atoms with Gasteiger partial charge in [-0.25, -0.2) is 0 Å². The van der Waals surface area contributed by atoms with Crippen LogP contribution in [0.25, 0.3) is 17.2 Å². The third kappa shape index (κ3) is 3.51. The van der Waals surface area contributed by atoms with Crippen molar-refractivity contribution in [3.63, 3.8) is 0 Å². The number of rotatable bonds is 4. The molecule has 2 aliphatic carbocycles. The van der Waals surface area contributed by atoms with Gasteiger partial charge < -0.3 is 0 Å². The van der Waals surface area contributed by atoms with Gasteiger partial charge in [-0.05, 0) is 0 Å². The van der Waals surface area contributed by atoms with Gasteiger partial charge in [-0.3, -0.25) is 0 Å². The molecule has 0 aromatic heterocycles. The summed E-state index contributed by atoms with van der Waals surface area (Å²) >= 11 is -2.52. The van der Waals surface area contributed by atoms with Gasteiger partial charge in [0, 0.05) is 0 Å². The second kappa shape index (κ2) is 8.69. The average molecular weight is 552 g/mol. The standard InChI is InChI=1S/C15H11.C13H9.C6H5.Sn/c1-2-6-12(7-3-1)15-11-10-13-8-4-5-9-14(13)15;1-3-7-12-10(5-1)9-11-6-2-4-8-13(11)12;1-2-4-6-5-3-1;/h1-6,8-11,15H;1-5,7-8H,9H2;1-5H;. The molecule has 35 heavy (non-hydrogen) atoms. The summed E-state index contributed by atoms with van der Waals surface area (Å²) in [4.78, 5) is 0. The van der Waals surface area contributed by atoms with Crippen molar-refractivity contribution in [1.82, 2.24) is 0 Å². The van der Waals surface area contributed by atoms with Gasteiger partial charge in [-0.1, -0.05) is 0 Å². The Kier molecular flexibility index (Phi) is 5.21. The molecule has 1 heteroatoms. The SMILES string of the molecule is C1=CC(c2cccc[c]2[Sn]([c]2ccccc2)[c]2cccc3c2Cc2ccccc2-3)c2ccccc21. The van der Waals surface area contributed by atoms with E-state index in [-0.39, 0.29) is 0 Å². The third-order valence-corrected chi connectivity index (χ3v) is 15.9. The van der Waals surface area contributed by atoms with E-state index in [0.29, 0.717) is 5.92 Å². The third-order valence-electron chi connectivity index (χ3n) is 7.55. The van der Waals surface area contributed by atoms with Crippen molar-refractivity contribution in [2.45, 2.75) is 12.3 Å². The Morgan fingerprint density at radius 1 is 0.543 bits per heavy atom. The number of fused-ring (bicyclic) bond motifs is 4. The summed E-state index contributed by atoms with van der Waals surface area (Å²) in [6, 6.07) is 45.6. The maximum atomic E-state index is 2.45. The zero-order valence-electron chi connectivity index (χ0n) is 19.5. The Labute approximate surface area is 214 Å². The first-order valence-electron chi connectivity index (χ1n) is 12.4. The van der Waals surface area contributed by atoms with Gasteiger partial charge >= 0.3 is 215 Å². The van der Waals surface area contributed by atoms with Crippen molar-refractivity contribution >= 4 is 36.6 Å². The van der Waals surface area contributed by atoms with Crippen LogP contribution in [0.15, 0.2) is 127 Å². The Hall–Kier alpha value is -3.36. The molecular weight excluding hydrogens is 527 g/mol. The Morgan fingerprint density at radius 2 is 1.23 bits per heavy atom. The van der Waals surface area contributed by atoms with E-state index in [2.05, 4.69) is 133 Å². The second-order valence-electron chi connectivity index (χ2n) is 9.46. The van der Waals surface area contributed by atoms with E-state index >= 15 is 0 Å². The van der Waals surface area contributed by atoms with Crippen LogP contribution in [0, 0.1) is 0 Å². The van der Waals surface area contributed by atoms with E-state index in [9.17, 15) is 0 Å². The van der Waals surface area contributed by atoms with Crippen LogP contribution < -0.4 is 10.7 Å². The summed E-state index contributed by atoms with van der Waals surface area (Å²) in [5.74, 6) is 0.329. The molecule has 0 spiro atoms. The number of hydrogen-bond donors (Lipinski definition) is 0. The number of benzene rings is 5. The molecule has 5 aromatic carbocycles. The fourth-order valence-corrected chi connectivity index (χ4v) is 14.6. The monoisotopic (exact) mass is 553 g/mol. The topological polar surface area (TPSA) is 0 Å². The molecule has 0 saturated carbocycles. The average Bonchev–Trinajstić information content (AvgIpc) is 3.52. The van der Waals surface area contributed by atoms with E-state index in [0.717, 1.165) is 6.42 Å². The normalized spacial score (nSPS) is 15.2. The Balaban J connectivity index is 1.44. The zero-order valence-corrected chi connectivity index (χ0v) is 22.3. The molecule has 1 unspecified atom stereocenters. The van der Waals surface area contributed by atoms with E-state index in [1.807, 2.05) is 0 Å². The van der Waals surface area contributed by atoms with Crippen molar-refractivity contribution < 1.29 is 0 Å². The van der Waals surface area contributed by atoms with Gasteiger partial charge in [0.2, 0.25) is 0 Å². The molecule has 0 saturated heterocycles. The first kappa shape index (κ1) is 21.0. The molecule has 5 aromatic rings. The molecule has 1 atom stereocenters. The summed E-state index contributed by atoms with van der Waals surface area (Å²) in [7, 11) is 0. The minimum absolute atomic E-state index is 0.329. The quantitative estimate of drug-likeness (QED) is 0.238. The summed E-state index contributed by atoms with van der Waals surface area (Å²) in [6.45, 7) is 0. The molecule has 0 aliphatic heterocycles. The molecule has 0 heterocycles. The summed E-state index contributed by atoms with van der Waals surface area (Å²) in [6.07, 6.45) is 5.76. The van der Waals surface area contributed by atoms with E-state index in [4.69, 9.17) is 0 Å². The fraction of sp³-hybridized carbons (Fsp3) is 0.0588. The van der Waals surface area contributed by atoms with Crippen LogP contribution in [-0.4, -0.2) is 19.8 Å². The molecule has 0 N–H and O–H groups in total. The van der Waals surface area contributed by atoms with Crippen molar-refractivity contribution in [3.8, 4) is 11.1 Å². The molecule has 0 bridgehead atoms. The van der Waals surface area contributed by atoms with Crippen molar-refractivity contribution in [2.75, 3.05) is 0 Å². The maximum absolute atomic E-state index is 2.52. The molecule has 165 valence electrons. The van der Waals surface area contributed by atoms with Crippen LogP contribution in [0.4, 0.5) is 0 Å². The second-order valence-corrected chi connectivity index (χ2v) is 16.3. The predicted octanol–water partition coefficient (Wildman–Crippen LogP) is 5.93. The summed E-state index contributed by atoms with van der Waals surface area (Å²) in [5, 5.41) is 0. The van der Waals surface area contributed by atoms with E-state index < -0.39 is 19.8 Å². The predicted molar refractivity (Wildman–Crippen MR) is 150 cm³/mol. The van der Waals surface area contributed by atoms with Gasteiger partial charge in [0.05, 0.1) is 0 Å². The van der Waals surface area contributed by atoms with Crippen molar-refractivity contribution in [2.24, 2.45) is 0 Å². The minimum atomic E-state index is -2.52. The molecule has 2 aliphatic rings. The van der Waals surface area contributed by atoms with Crippen LogP contribution in [0.5, 0.6) is 0 Å². The molecule has 0 amide bonds. The zero-order chi connectivity index (χ0) is 23.2. The molecule has 7 rings (SSSR count).